The van der Waals surface area contributed by atoms with E-state index in [1.54, 1.807) is 12.1 Å². The SMILES string of the molecule is CC(C)c1nn(-c2noc(C3(O)CCN(C4CCNCC4)CC3)n2)c2cccc(F)c12.Cl.Cl. The zero-order valence-corrected chi connectivity index (χ0v) is 20.5. The molecule has 2 aliphatic heterocycles. The summed E-state index contributed by atoms with van der Waals surface area (Å²) in [6, 6.07) is 5.44. The van der Waals surface area contributed by atoms with Gasteiger partial charge in [-0.1, -0.05) is 19.9 Å². The number of hydrogen-bond acceptors (Lipinski definition) is 7. The summed E-state index contributed by atoms with van der Waals surface area (Å²) in [5, 5.41) is 23.8. The first-order valence-electron chi connectivity index (χ1n) is 11.1. The number of aliphatic hydroxyl groups is 1. The maximum absolute atomic E-state index is 14.5. The van der Waals surface area contributed by atoms with E-state index in [0.717, 1.165) is 39.0 Å². The summed E-state index contributed by atoms with van der Waals surface area (Å²) in [6.07, 6.45) is 3.38. The van der Waals surface area contributed by atoms with Crippen LogP contribution in [0.25, 0.3) is 16.9 Å². The van der Waals surface area contributed by atoms with Crippen LogP contribution < -0.4 is 5.32 Å². The van der Waals surface area contributed by atoms with Crippen LogP contribution in [-0.4, -0.2) is 62.1 Å². The molecule has 0 saturated carbocycles. The Bertz CT molecular complexity index is 1070. The van der Waals surface area contributed by atoms with Crippen molar-refractivity contribution in [2.45, 2.75) is 57.1 Å². The normalized spacial score (nSPS) is 19.4. The molecule has 0 amide bonds. The number of nitrogens with one attached hydrogen (secondary N) is 1. The Morgan fingerprint density at radius 1 is 1.18 bits per heavy atom. The number of aromatic nitrogens is 4. The van der Waals surface area contributed by atoms with Gasteiger partial charge in [0.1, 0.15) is 11.4 Å². The van der Waals surface area contributed by atoms with Gasteiger partial charge in [-0.05, 0) is 62.0 Å². The molecular formula is C22H31Cl2FN6O2. The lowest BCUT2D eigenvalue weighted by Gasteiger charge is -2.41. The van der Waals surface area contributed by atoms with Crippen molar-refractivity contribution in [3.63, 3.8) is 0 Å². The van der Waals surface area contributed by atoms with Crippen LogP contribution in [0.2, 0.25) is 0 Å². The molecule has 11 heteroatoms. The number of rotatable bonds is 4. The molecule has 0 radical (unpaired) electrons. The molecule has 1 aromatic carbocycles. The molecule has 182 valence electrons. The third-order valence-electron chi connectivity index (χ3n) is 6.68. The van der Waals surface area contributed by atoms with E-state index in [1.165, 1.54) is 10.7 Å². The van der Waals surface area contributed by atoms with Gasteiger partial charge in [0.2, 0.25) is 0 Å². The van der Waals surface area contributed by atoms with Gasteiger partial charge in [0.25, 0.3) is 11.8 Å². The number of fused-ring (bicyclic) bond motifs is 1. The van der Waals surface area contributed by atoms with Gasteiger partial charge in [-0.3, -0.25) is 0 Å². The summed E-state index contributed by atoms with van der Waals surface area (Å²) in [5.74, 6) is 0.140. The highest BCUT2D eigenvalue weighted by molar-refractivity contribution is 5.86. The average Bonchev–Trinajstić information content (AvgIpc) is 3.41. The lowest BCUT2D eigenvalue weighted by molar-refractivity contribution is -0.0594. The summed E-state index contributed by atoms with van der Waals surface area (Å²) < 4.78 is 21.5. The molecule has 2 saturated heterocycles. The number of likely N-dealkylation sites (tertiary alicyclic amines) is 1. The number of nitrogens with zero attached hydrogens (tertiary/aromatic N) is 5. The maximum Gasteiger partial charge on any atom is 0.291 e. The first kappa shape index (κ1) is 25.8. The Hall–Kier alpha value is -1.78. The molecule has 4 heterocycles. The monoisotopic (exact) mass is 500 g/mol. The molecule has 2 aliphatic rings. The Balaban J connectivity index is 0.00000153. The van der Waals surface area contributed by atoms with Crippen LogP contribution in [0, 0.1) is 5.82 Å². The highest BCUT2D eigenvalue weighted by atomic mass is 35.5. The number of hydrogen-bond donors (Lipinski definition) is 2. The summed E-state index contributed by atoms with van der Waals surface area (Å²) in [6.45, 7) is 7.64. The molecule has 3 aromatic rings. The van der Waals surface area contributed by atoms with Crippen molar-refractivity contribution in [1.29, 1.82) is 0 Å². The lowest BCUT2D eigenvalue weighted by atomic mass is 9.89. The number of halogens is 3. The minimum absolute atomic E-state index is 0. The second-order valence-electron chi connectivity index (χ2n) is 9.03. The van der Waals surface area contributed by atoms with Crippen molar-refractivity contribution < 1.29 is 14.0 Å². The molecule has 2 fully saturated rings. The summed E-state index contributed by atoms with van der Waals surface area (Å²) in [5.41, 5.74) is 0.0845. The Labute approximate surface area is 204 Å². The van der Waals surface area contributed by atoms with Crippen molar-refractivity contribution in [2.24, 2.45) is 0 Å². The zero-order valence-electron chi connectivity index (χ0n) is 18.8. The minimum Gasteiger partial charge on any atom is -0.380 e. The van der Waals surface area contributed by atoms with Crippen LogP contribution in [0.1, 0.15) is 57.0 Å². The third-order valence-corrected chi connectivity index (χ3v) is 6.68. The average molecular weight is 501 g/mol. The standard InChI is InChI=1S/C22H29FN6O2.2ClH/c1-14(2)19-18-16(23)4-3-5-17(18)29(26-19)21-25-20(31-27-21)22(30)8-12-28(13-9-22)15-6-10-24-11-7-15;;/h3-5,14-15,24,30H,6-13H2,1-2H3;2*1H. The highest BCUT2D eigenvalue weighted by Crippen LogP contribution is 2.34. The van der Waals surface area contributed by atoms with Gasteiger partial charge in [-0.15, -0.1) is 24.8 Å². The van der Waals surface area contributed by atoms with Crippen molar-refractivity contribution in [1.82, 2.24) is 30.1 Å². The van der Waals surface area contributed by atoms with Gasteiger partial charge >= 0.3 is 0 Å². The number of piperidine rings is 2. The van der Waals surface area contributed by atoms with E-state index >= 15 is 0 Å². The highest BCUT2D eigenvalue weighted by Gasteiger charge is 2.41. The smallest absolute Gasteiger partial charge is 0.291 e. The van der Waals surface area contributed by atoms with Crippen LogP contribution in [0.15, 0.2) is 22.7 Å². The number of benzene rings is 1. The molecule has 33 heavy (non-hydrogen) atoms. The molecule has 0 aliphatic carbocycles. The van der Waals surface area contributed by atoms with Gasteiger partial charge in [-0.2, -0.15) is 14.8 Å². The topological polar surface area (TPSA) is 92.2 Å². The molecule has 0 unspecified atom stereocenters. The fourth-order valence-electron chi connectivity index (χ4n) is 4.85. The molecule has 0 spiro atoms. The Morgan fingerprint density at radius 2 is 1.88 bits per heavy atom. The van der Waals surface area contributed by atoms with Crippen LogP contribution in [-0.2, 0) is 5.60 Å². The van der Waals surface area contributed by atoms with Gasteiger partial charge in [0.05, 0.1) is 16.6 Å². The van der Waals surface area contributed by atoms with Crippen molar-refractivity contribution in [3.8, 4) is 5.95 Å². The molecule has 2 aromatic heterocycles. The second kappa shape index (κ2) is 10.2. The summed E-state index contributed by atoms with van der Waals surface area (Å²) in [4.78, 5) is 6.95. The van der Waals surface area contributed by atoms with Crippen LogP contribution >= 0.6 is 24.8 Å². The van der Waals surface area contributed by atoms with E-state index in [1.807, 2.05) is 13.8 Å². The zero-order chi connectivity index (χ0) is 21.6. The predicted molar refractivity (Wildman–Crippen MR) is 128 cm³/mol. The second-order valence-corrected chi connectivity index (χ2v) is 9.03. The Kier molecular flexibility index (Phi) is 8.01. The van der Waals surface area contributed by atoms with Crippen molar-refractivity contribution in [2.75, 3.05) is 26.2 Å². The van der Waals surface area contributed by atoms with E-state index in [0.29, 0.717) is 35.5 Å². The molecule has 0 atom stereocenters. The minimum atomic E-state index is -1.15. The molecule has 0 bridgehead atoms. The van der Waals surface area contributed by atoms with Gasteiger partial charge in [0.15, 0.2) is 0 Å². The maximum atomic E-state index is 14.5. The van der Waals surface area contributed by atoms with Gasteiger partial charge < -0.3 is 19.8 Å². The summed E-state index contributed by atoms with van der Waals surface area (Å²) >= 11 is 0. The van der Waals surface area contributed by atoms with Crippen molar-refractivity contribution >= 4 is 35.7 Å². The van der Waals surface area contributed by atoms with E-state index < -0.39 is 5.60 Å². The fraction of sp³-hybridized carbons (Fsp3) is 0.591. The largest absolute Gasteiger partial charge is 0.380 e. The molecule has 8 nitrogen and oxygen atoms in total. The first-order valence-corrected chi connectivity index (χ1v) is 11.1. The lowest BCUT2D eigenvalue weighted by Crippen LogP contribution is -2.50. The van der Waals surface area contributed by atoms with E-state index in [4.69, 9.17) is 4.52 Å². The van der Waals surface area contributed by atoms with E-state index in [9.17, 15) is 9.50 Å². The fourth-order valence-corrected chi connectivity index (χ4v) is 4.85. The quantitative estimate of drug-likeness (QED) is 0.565. The third kappa shape index (κ3) is 4.74. The van der Waals surface area contributed by atoms with Crippen LogP contribution in [0.5, 0.6) is 0 Å². The van der Waals surface area contributed by atoms with Crippen molar-refractivity contribution in [3.05, 3.63) is 35.6 Å². The first-order chi connectivity index (χ1) is 15.0. The Morgan fingerprint density at radius 3 is 2.55 bits per heavy atom. The molecule has 5 rings (SSSR count). The van der Waals surface area contributed by atoms with E-state index in [2.05, 4.69) is 25.5 Å². The molecule has 2 N–H and O–H groups in total. The van der Waals surface area contributed by atoms with Gasteiger partial charge in [0, 0.05) is 19.1 Å². The van der Waals surface area contributed by atoms with E-state index in [-0.39, 0.29) is 48.4 Å². The molecular weight excluding hydrogens is 470 g/mol. The predicted octanol–water partition coefficient (Wildman–Crippen LogP) is 3.55. The summed E-state index contributed by atoms with van der Waals surface area (Å²) in [7, 11) is 0. The van der Waals surface area contributed by atoms with Crippen LogP contribution in [0.4, 0.5) is 4.39 Å². The van der Waals surface area contributed by atoms with Crippen LogP contribution in [0.3, 0.4) is 0 Å². The van der Waals surface area contributed by atoms with Gasteiger partial charge in [-0.25, -0.2) is 4.39 Å².